The maximum Gasteiger partial charge on any atom is 0.425 e. The number of para-hydroxylation sites is 2. The van der Waals surface area contributed by atoms with Gasteiger partial charge >= 0.3 is 12.4 Å². The fraction of sp³-hybridized carbons (Fsp3) is 0.471. The molecule has 50 heavy (non-hydrogen) atoms. The molecular formula is C34H37F6N5O4S. The molecule has 3 fully saturated rings. The number of likely N-dealkylation sites (tertiary alicyclic amines) is 1. The van der Waals surface area contributed by atoms with Gasteiger partial charge in [-0.1, -0.05) is 25.5 Å². The van der Waals surface area contributed by atoms with Crippen molar-refractivity contribution in [2.45, 2.75) is 57.4 Å². The zero-order chi connectivity index (χ0) is 36.2. The van der Waals surface area contributed by atoms with Crippen molar-refractivity contribution in [3.8, 4) is 5.75 Å². The number of halogens is 6. The number of anilines is 2. The van der Waals surface area contributed by atoms with Crippen LogP contribution in [0.1, 0.15) is 59.8 Å². The number of rotatable bonds is 6. The van der Waals surface area contributed by atoms with Crippen LogP contribution in [0.2, 0.25) is 0 Å². The number of carbonyl (C=O) groups excluding carboxylic acids is 3. The lowest BCUT2D eigenvalue weighted by atomic mass is 9.84. The predicted molar refractivity (Wildman–Crippen MR) is 175 cm³/mol. The van der Waals surface area contributed by atoms with Crippen LogP contribution in [-0.2, 0) is 21.9 Å². The molecule has 3 amide bonds. The van der Waals surface area contributed by atoms with Crippen LogP contribution in [0.15, 0.2) is 54.2 Å². The fourth-order valence-corrected chi connectivity index (χ4v) is 7.26. The lowest BCUT2D eigenvalue weighted by Gasteiger charge is -2.44. The molecule has 270 valence electrons. The molecule has 9 nitrogen and oxygen atoms in total. The number of nitrogens with zero attached hydrogens (tertiary/aromatic N) is 5. The number of aromatic hydroxyl groups is 1. The van der Waals surface area contributed by atoms with Crippen molar-refractivity contribution >= 4 is 40.4 Å². The molecular weight excluding hydrogens is 688 g/mol. The molecule has 2 aromatic heterocycles. The smallest absolute Gasteiger partial charge is 0.425 e. The van der Waals surface area contributed by atoms with Crippen LogP contribution in [0, 0.1) is 5.92 Å². The molecule has 2 unspecified atom stereocenters. The van der Waals surface area contributed by atoms with Gasteiger partial charge in [0.25, 0.3) is 5.91 Å². The van der Waals surface area contributed by atoms with Crippen molar-refractivity contribution in [2.75, 3.05) is 49.1 Å². The number of β-lactam (4-membered cyclic amide) rings is 1. The number of piperidine rings is 1. The number of thiophene rings is 1. The first-order chi connectivity index (χ1) is 23.7. The Bertz CT molecular complexity index is 1670. The SMILES string of the molecule is CCCC1C(C(=O)N2CCN(c3ccccc3N3CCC3=O)CC2)CCCN1C(=O)c1cnccc1C(F)(F)F.Oc1csc(C(F)(F)F)c1. The highest BCUT2D eigenvalue weighted by Gasteiger charge is 2.43. The summed E-state index contributed by atoms with van der Waals surface area (Å²) in [6.45, 7) is 5.14. The van der Waals surface area contributed by atoms with Gasteiger partial charge in [0.2, 0.25) is 11.8 Å². The average Bonchev–Trinajstić information content (AvgIpc) is 3.54. The van der Waals surface area contributed by atoms with Crippen LogP contribution in [0.5, 0.6) is 5.75 Å². The van der Waals surface area contributed by atoms with E-state index in [1.807, 2.05) is 36.1 Å². The number of aromatic nitrogens is 1. The zero-order valence-electron chi connectivity index (χ0n) is 27.2. The van der Waals surface area contributed by atoms with E-state index in [1.165, 1.54) is 4.90 Å². The number of alkyl halides is 6. The van der Waals surface area contributed by atoms with E-state index in [-0.39, 0.29) is 17.6 Å². The third-order valence-electron chi connectivity index (χ3n) is 9.12. The summed E-state index contributed by atoms with van der Waals surface area (Å²) in [7, 11) is 0. The van der Waals surface area contributed by atoms with Crippen molar-refractivity contribution in [1.82, 2.24) is 14.8 Å². The lowest BCUT2D eigenvalue weighted by Crippen LogP contribution is -2.57. The first-order valence-electron chi connectivity index (χ1n) is 16.3. The summed E-state index contributed by atoms with van der Waals surface area (Å²) in [5, 5.41) is 9.57. The Morgan fingerprint density at radius 3 is 2.20 bits per heavy atom. The largest absolute Gasteiger partial charge is 0.507 e. The van der Waals surface area contributed by atoms with Crippen molar-refractivity contribution in [3.63, 3.8) is 0 Å². The molecule has 6 rings (SSSR count). The molecule has 0 aliphatic carbocycles. The van der Waals surface area contributed by atoms with Crippen molar-refractivity contribution in [1.29, 1.82) is 0 Å². The molecule has 3 aliphatic rings. The number of hydrogen-bond donors (Lipinski definition) is 1. The summed E-state index contributed by atoms with van der Waals surface area (Å²) < 4.78 is 76.1. The maximum absolute atomic E-state index is 13.8. The summed E-state index contributed by atoms with van der Waals surface area (Å²) in [5.74, 6) is -1.48. The molecule has 0 saturated carbocycles. The summed E-state index contributed by atoms with van der Waals surface area (Å²) in [4.78, 5) is 49.6. The number of piperazine rings is 1. The normalized spacial score (nSPS) is 19.9. The Balaban J connectivity index is 0.000000418. The number of pyridine rings is 1. The number of carbonyl (C=O) groups is 3. The zero-order valence-corrected chi connectivity index (χ0v) is 28.0. The Kier molecular flexibility index (Phi) is 11.3. The van der Waals surface area contributed by atoms with Crippen molar-refractivity contribution in [3.05, 3.63) is 70.2 Å². The van der Waals surface area contributed by atoms with Crippen LogP contribution in [-0.4, -0.2) is 82.9 Å². The molecule has 2 atom stereocenters. The highest BCUT2D eigenvalue weighted by atomic mass is 32.1. The van der Waals surface area contributed by atoms with Gasteiger partial charge in [-0.25, -0.2) is 0 Å². The molecule has 1 aromatic carbocycles. The minimum atomic E-state index is -4.68. The Labute approximate surface area is 289 Å². The molecule has 5 heterocycles. The van der Waals surface area contributed by atoms with E-state index in [2.05, 4.69) is 9.88 Å². The van der Waals surface area contributed by atoms with Gasteiger partial charge in [0.05, 0.1) is 28.4 Å². The van der Waals surface area contributed by atoms with Crippen molar-refractivity contribution in [2.24, 2.45) is 5.92 Å². The topological polar surface area (TPSA) is 97.3 Å². The monoisotopic (exact) mass is 725 g/mol. The van der Waals surface area contributed by atoms with Gasteiger partial charge in [0, 0.05) is 75.6 Å². The number of hydrogen-bond acceptors (Lipinski definition) is 7. The number of amides is 3. The highest BCUT2D eigenvalue weighted by molar-refractivity contribution is 7.10. The van der Waals surface area contributed by atoms with Gasteiger partial charge in [-0.05, 0) is 37.5 Å². The van der Waals surface area contributed by atoms with Gasteiger partial charge in [-0.2, -0.15) is 26.3 Å². The number of benzene rings is 1. The second-order valence-electron chi connectivity index (χ2n) is 12.3. The van der Waals surface area contributed by atoms with E-state index in [0.717, 1.165) is 35.2 Å². The minimum Gasteiger partial charge on any atom is -0.507 e. The van der Waals surface area contributed by atoms with E-state index in [4.69, 9.17) is 5.11 Å². The Morgan fingerprint density at radius 2 is 1.66 bits per heavy atom. The molecule has 0 bridgehead atoms. The summed E-state index contributed by atoms with van der Waals surface area (Å²) in [6, 6.07) is 8.84. The minimum absolute atomic E-state index is 0.0518. The van der Waals surface area contributed by atoms with E-state index in [0.29, 0.717) is 88.8 Å². The maximum atomic E-state index is 13.8. The molecule has 16 heteroatoms. The third-order valence-corrected chi connectivity index (χ3v) is 10.1. The Morgan fingerprint density at radius 1 is 0.960 bits per heavy atom. The summed E-state index contributed by atoms with van der Waals surface area (Å²) in [5.41, 5.74) is 0.374. The first kappa shape index (κ1) is 36.9. The van der Waals surface area contributed by atoms with Gasteiger partial charge in [-0.15, -0.1) is 11.3 Å². The van der Waals surface area contributed by atoms with E-state index in [1.54, 1.807) is 4.90 Å². The van der Waals surface area contributed by atoms with E-state index >= 15 is 0 Å². The van der Waals surface area contributed by atoms with E-state index in [9.17, 15) is 40.7 Å². The molecule has 0 radical (unpaired) electrons. The molecule has 3 aromatic rings. The quantitative estimate of drug-likeness (QED) is 0.225. The summed E-state index contributed by atoms with van der Waals surface area (Å²) >= 11 is 0.481. The molecule has 1 N–H and O–H groups in total. The Hall–Kier alpha value is -4.34. The second kappa shape index (κ2) is 15.3. The first-order valence-corrected chi connectivity index (χ1v) is 17.2. The average molecular weight is 726 g/mol. The molecule has 0 spiro atoms. The third kappa shape index (κ3) is 8.16. The van der Waals surface area contributed by atoms with Crippen LogP contribution in [0.4, 0.5) is 37.7 Å². The highest BCUT2D eigenvalue weighted by Crippen LogP contribution is 2.37. The molecule has 3 aliphatic heterocycles. The van der Waals surface area contributed by atoms with Gasteiger partial charge < -0.3 is 24.7 Å². The van der Waals surface area contributed by atoms with E-state index < -0.39 is 46.2 Å². The van der Waals surface area contributed by atoms with Crippen molar-refractivity contribution < 1.29 is 45.8 Å². The van der Waals surface area contributed by atoms with Gasteiger partial charge in [0.1, 0.15) is 10.6 Å². The van der Waals surface area contributed by atoms with Crippen LogP contribution in [0.25, 0.3) is 0 Å². The molecule has 3 saturated heterocycles. The fourth-order valence-electron chi connectivity index (χ4n) is 6.62. The standard InChI is InChI=1S/C29H34F3N5O3.C5H3F3OS/c1-2-6-23-20(7-5-13-37(23)28(40)21-19-33-12-10-22(21)29(30,31)32)27(39)35-17-15-34(16-18-35)24-8-3-4-9-25(24)36-14-11-26(36)38;6-5(7,8)4-1-3(9)2-10-4/h3-4,8-10,12,19-20,23H,2,5-7,11,13-18H2,1H3;1-2,9H. The van der Waals surface area contributed by atoms with Crippen LogP contribution < -0.4 is 9.80 Å². The van der Waals surface area contributed by atoms with Gasteiger partial charge in [-0.3, -0.25) is 19.4 Å². The lowest BCUT2D eigenvalue weighted by molar-refractivity contribution is -0.140. The second-order valence-corrected chi connectivity index (χ2v) is 13.2. The van der Waals surface area contributed by atoms with Gasteiger partial charge in [0.15, 0.2) is 0 Å². The van der Waals surface area contributed by atoms with Crippen LogP contribution >= 0.6 is 11.3 Å². The van der Waals surface area contributed by atoms with Crippen LogP contribution in [0.3, 0.4) is 0 Å². The predicted octanol–water partition coefficient (Wildman–Crippen LogP) is 6.68. The summed E-state index contributed by atoms with van der Waals surface area (Å²) in [6.07, 6.45) is -4.09.